The highest BCUT2D eigenvalue weighted by atomic mass is 35.5. The Morgan fingerprint density at radius 1 is 1.57 bits per heavy atom. The van der Waals surface area contributed by atoms with Crippen molar-refractivity contribution in [2.24, 2.45) is 11.7 Å². The van der Waals surface area contributed by atoms with Crippen molar-refractivity contribution in [2.75, 3.05) is 19.7 Å². The first-order valence-corrected chi connectivity index (χ1v) is 7.92. The molecule has 0 bridgehead atoms. The minimum Gasteiger partial charge on any atom is -0.370 e. The Hall–Kier alpha value is -0.880. The van der Waals surface area contributed by atoms with Crippen molar-refractivity contribution in [1.29, 1.82) is 0 Å². The minimum absolute atomic E-state index is 0. The molecule has 1 fully saturated rings. The Morgan fingerprint density at radius 3 is 2.87 bits per heavy atom. The largest absolute Gasteiger partial charge is 0.370 e. The summed E-state index contributed by atoms with van der Waals surface area (Å²) in [5.74, 6) is -0.391. The topological polar surface area (TPSA) is 55.6 Å². The van der Waals surface area contributed by atoms with E-state index in [1.165, 1.54) is 6.07 Å². The van der Waals surface area contributed by atoms with Gasteiger partial charge in [-0.3, -0.25) is 4.79 Å². The predicted molar refractivity (Wildman–Crippen MR) is 91.4 cm³/mol. The molecular formula is C16H23Cl2FN2O2. The second-order valence-electron chi connectivity index (χ2n) is 5.73. The van der Waals surface area contributed by atoms with E-state index < -0.39 is 11.9 Å². The van der Waals surface area contributed by atoms with Crippen LogP contribution in [0.2, 0.25) is 5.02 Å². The van der Waals surface area contributed by atoms with Crippen LogP contribution in [-0.4, -0.2) is 36.5 Å². The molecule has 1 aliphatic heterocycles. The number of rotatable bonds is 4. The van der Waals surface area contributed by atoms with E-state index >= 15 is 0 Å². The van der Waals surface area contributed by atoms with Crippen molar-refractivity contribution in [3.8, 4) is 0 Å². The second kappa shape index (κ2) is 8.83. The number of ether oxygens (including phenoxy) is 1. The van der Waals surface area contributed by atoms with Crippen LogP contribution in [0.5, 0.6) is 0 Å². The first-order valence-electron chi connectivity index (χ1n) is 7.55. The molecule has 1 saturated heterocycles. The summed E-state index contributed by atoms with van der Waals surface area (Å²) in [7, 11) is 0. The number of carbonyl (C=O) groups excluding carboxylic acids is 1. The van der Waals surface area contributed by atoms with Crippen LogP contribution in [0, 0.1) is 11.7 Å². The second-order valence-corrected chi connectivity index (χ2v) is 6.14. The third kappa shape index (κ3) is 4.80. The van der Waals surface area contributed by atoms with Crippen LogP contribution in [0.25, 0.3) is 0 Å². The van der Waals surface area contributed by atoms with Gasteiger partial charge in [0.15, 0.2) is 0 Å². The van der Waals surface area contributed by atoms with Gasteiger partial charge in [-0.2, -0.15) is 0 Å². The van der Waals surface area contributed by atoms with Gasteiger partial charge in [-0.05, 0) is 23.6 Å². The summed E-state index contributed by atoms with van der Waals surface area (Å²) < 4.78 is 18.9. The van der Waals surface area contributed by atoms with Gasteiger partial charge in [0.1, 0.15) is 11.9 Å². The van der Waals surface area contributed by atoms with Crippen LogP contribution >= 0.6 is 24.0 Å². The Morgan fingerprint density at radius 2 is 2.26 bits per heavy atom. The molecule has 0 aromatic heterocycles. The highest BCUT2D eigenvalue weighted by Gasteiger charge is 2.30. The molecule has 1 amide bonds. The van der Waals surface area contributed by atoms with Crippen molar-refractivity contribution in [3.05, 3.63) is 34.6 Å². The van der Waals surface area contributed by atoms with E-state index in [-0.39, 0.29) is 35.4 Å². The van der Waals surface area contributed by atoms with Crippen LogP contribution in [0.4, 0.5) is 4.39 Å². The van der Waals surface area contributed by atoms with Gasteiger partial charge < -0.3 is 15.4 Å². The zero-order chi connectivity index (χ0) is 16.3. The smallest absolute Gasteiger partial charge is 0.239 e. The summed E-state index contributed by atoms with van der Waals surface area (Å²) in [5.41, 5.74) is 6.79. The maximum Gasteiger partial charge on any atom is 0.239 e. The molecule has 4 nitrogen and oxygen atoms in total. The van der Waals surface area contributed by atoms with Crippen LogP contribution in [0.1, 0.15) is 31.9 Å². The van der Waals surface area contributed by atoms with Gasteiger partial charge in [0.05, 0.1) is 24.2 Å². The van der Waals surface area contributed by atoms with E-state index in [2.05, 4.69) is 0 Å². The van der Waals surface area contributed by atoms with Gasteiger partial charge in [0.25, 0.3) is 0 Å². The molecule has 2 N–H and O–H groups in total. The third-order valence-corrected chi connectivity index (χ3v) is 4.53. The monoisotopic (exact) mass is 364 g/mol. The fourth-order valence-electron chi connectivity index (χ4n) is 2.47. The van der Waals surface area contributed by atoms with Crippen molar-refractivity contribution in [3.63, 3.8) is 0 Å². The van der Waals surface area contributed by atoms with Gasteiger partial charge in [0, 0.05) is 6.54 Å². The summed E-state index contributed by atoms with van der Waals surface area (Å²) in [6, 6.07) is 3.99. The quantitative estimate of drug-likeness (QED) is 0.892. The first kappa shape index (κ1) is 20.2. The van der Waals surface area contributed by atoms with Crippen molar-refractivity contribution >= 4 is 29.9 Å². The molecule has 0 aliphatic carbocycles. The Labute approximate surface area is 147 Å². The molecule has 1 aromatic carbocycles. The van der Waals surface area contributed by atoms with Crippen molar-refractivity contribution in [2.45, 2.75) is 32.4 Å². The molecule has 1 heterocycles. The van der Waals surface area contributed by atoms with E-state index in [0.717, 1.165) is 12.0 Å². The van der Waals surface area contributed by atoms with Crippen LogP contribution < -0.4 is 5.73 Å². The van der Waals surface area contributed by atoms with Gasteiger partial charge in [0.2, 0.25) is 5.91 Å². The number of benzene rings is 1. The first-order chi connectivity index (χ1) is 10.4. The number of hydrogen-bond acceptors (Lipinski definition) is 3. The number of nitrogens with zero attached hydrogens (tertiary/aromatic N) is 1. The predicted octanol–water partition coefficient (Wildman–Crippen LogP) is 3.17. The average molecular weight is 365 g/mol. The lowest BCUT2D eigenvalue weighted by Gasteiger charge is -2.35. The Balaban J connectivity index is 0.00000264. The number of hydrogen-bond donors (Lipinski definition) is 1. The van der Waals surface area contributed by atoms with E-state index in [0.29, 0.717) is 19.7 Å². The normalized spacial score (nSPS) is 20.6. The maximum absolute atomic E-state index is 13.3. The molecular weight excluding hydrogens is 342 g/mol. The molecule has 0 spiro atoms. The fourth-order valence-corrected chi connectivity index (χ4v) is 2.66. The molecule has 1 aliphatic rings. The van der Waals surface area contributed by atoms with Crippen molar-refractivity contribution in [1.82, 2.24) is 4.90 Å². The summed E-state index contributed by atoms with van der Waals surface area (Å²) in [6.45, 7) is 5.35. The van der Waals surface area contributed by atoms with Crippen LogP contribution in [-0.2, 0) is 9.53 Å². The van der Waals surface area contributed by atoms with Gasteiger partial charge >= 0.3 is 0 Å². The number of morpholine rings is 1. The molecule has 0 radical (unpaired) electrons. The number of halogens is 3. The van der Waals surface area contributed by atoms with Gasteiger partial charge in [-0.1, -0.05) is 37.9 Å². The third-order valence-electron chi connectivity index (χ3n) is 4.24. The zero-order valence-corrected chi connectivity index (χ0v) is 14.9. The average Bonchev–Trinajstić information content (AvgIpc) is 2.55. The summed E-state index contributed by atoms with van der Waals surface area (Å²) in [6.07, 6.45) is 0.550. The molecule has 7 heteroatoms. The summed E-state index contributed by atoms with van der Waals surface area (Å²) in [4.78, 5) is 14.2. The standard InChI is InChI=1S/C16H22ClFN2O2.ClH/c1-3-10(2)15(19)16(21)20-6-7-22-14(9-20)11-4-5-13(18)12(17)8-11;/h4-5,8,10,14-15H,3,6-7,9,19H2,1-2H3;1H. The lowest BCUT2D eigenvalue weighted by atomic mass is 9.98. The van der Waals surface area contributed by atoms with Crippen LogP contribution in [0.15, 0.2) is 18.2 Å². The lowest BCUT2D eigenvalue weighted by molar-refractivity contribution is -0.141. The van der Waals surface area contributed by atoms with E-state index in [9.17, 15) is 9.18 Å². The van der Waals surface area contributed by atoms with E-state index in [1.807, 2.05) is 13.8 Å². The van der Waals surface area contributed by atoms with E-state index in [4.69, 9.17) is 22.1 Å². The molecule has 2 rings (SSSR count). The van der Waals surface area contributed by atoms with E-state index in [1.54, 1.807) is 17.0 Å². The van der Waals surface area contributed by atoms with Crippen LogP contribution in [0.3, 0.4) is 0 Å². The highest BCUT2D eigenvalue weighted by Crippen LogP contribution is 2.26. The summed E-state index contributed by atoms with van der Waals surface area (Å²) in [5, 5.41) is 0.0563. The summed E-state index contributed by atoms with van der Waals surface area (Å²) >= 11 is 5.81. The number of carbonyl (C=O) groups is 1. The fraction of sp³-hybridized carbons (Fsp3) is 0.562. The number of amides is 1. The molecule has 23 heavy (non-hydrogen) atoms. The molecule has 3 atom stereocenters. The highest BCUT2D eigenvalue weighted by molar-refractivity contribution is 6.30. The van der Waals surface area contributed by atoms with Gasteiger partial charge in [-0.25, -0.2) is 4.39 Å². The maximum atomic E-state index is 13.3. The Bertz CT molecular complexity index is 545. The molecule has 130 valence electrons. The number of nitrogens with two attached hydrogens (primary N) is 1. The van der Waals surface area contributed by atoms with Crippen molar-refractivity contribution < 1.29 is 13.9 Å². The SMILES string of the molecule is CCC(C)C(N)C(=O)N1CCOC(c2ccc(F)c(Cl)c2)C1.Cl. The lowest BCUT2D eigenvalue weighted by Crippen LogP contribution is -2.51. The minimum atomic E-state index is -0.499. The molecule has 1 aromatic rings. The Kier molecular flexibility index (Phi) is 7.74. The molecule has 0 saturated carbocycles. The molecule has 3 unspecified atom stereocenters. The van der Waals surface area contributed by atoms with Gasteiger partial charge in [-0.15, -0.1) is 12.4 Å². The zero-order valence-electron chi connectivity index (χ0n) is 13.3.